The molecule has 2 aromatic rings. The number of ether oxygens (including phenoxy) is 1. The van der Waals surface area contributed by atoms with Gasteiger partial charge >= 0.3 is 0 Å². The highest BCUT2D eigenvalue weighted by Gasteiger charge is 2.07. The number of thiocarbonyl (C=S) groups is 1. The summed E-state index contributed by atoms with van der Waals surface area (Å²) in [6.07, 6.45) is 0. The van der Waals surface area contributed by atoms with Gasteiger partial charge in [-0.05, 0) is 71.0 Å². The first-order valence-corrected chi connectivity index (χ1v) is 8.27. The third kappa shape index (κ3) is 5.82. The molecule has 120 valence electrons. The van der Waals surface area contributed by atoms with E-state index in [2.05, 4.69) is 26.6 Å². The van der Waals surface area contributed by atoms with Crippen molar-refractivity contribution in [1.82, 2.24) is 5.32 Å². The standard InChI is InChI=1S/C16H14BrClN2O2S/c1-10-3-2-4-12(7-10)22-9-15(21)20-16(23)19-11-5-6-13(17)14(18)8-11/h2-8H,9H2,1H3,(H2,19,20,21,23). The van der Waals surface area contributed by atoms with E-state index in [9.17, 15) is 4.79 Å². The number of nitrogens with one attached hydrogen (secondary N) is 2. The Balaban J connectivity index is 1.82. The highest BCUT2D eigenvalue weighted by Crippen LogP contribution is 2.25. The maximum atomic E-state index is 11.8. The SMILES string of the molecule is Cc1cccc(OCC(=O)NC(=S)Nc2ccc(Br)c(Cl)c2)c1. The maximum Gasteiger partial charge on any atom is 0.264 e. The summed E-state index contributed by atoms with van der Waals surface area (Å²) in [5.74, 6) is 0.297. The zero-order valence-electron chi connectivity index (χ0n) is 12.2. The van der Waals surface area contributed by atoms with Gasteiger partial charge in [-0.25, -0.2) is 0 Å². The van der Waals surface area contributed by atoms with Gasteiger partial charge < -0.3 is 10.1 Å². The zero-order valence-corrected chi connectivity index (χ0v) is 15.4. The van der Waals surface area contributed by atoms with Crippen LogP contribution >= 0.6 is 39.7 Å². The third-order valence-corrected chi connectivity index (χ3v) is 4.23. The van der Waals surface area contributed by atoms with Gasteiger partial charge in [-0.1, -0.05) is 23.7 Å². The van der Waals surface area contributed by atoms with Gasteiger partial charge in [0.05, 0.1) is 5.02 Å². The Morgan fingerprint density at radius 3 is 2.78 bits per heavy atom. The predicted molar refractivity (Wildman–Crippen MR) is 100 cm³/mol. The number of carbonyl (C=O) groups is 1. The summed E-state index contributed by atoms with van der Waals surface area (Å²) < 4.78 is 6.19. The largest absolute Gasteiger partial charge is 0.484 e. The van der Waals surface area contributed by atoms with Crippen molar-refractivity contribution in [2.45, 2.75) is 6.92 Å². The van der Waals surface area contributed by atoms with Crippen molar-refractivity contribution in [3.8, 4) is 5.75 Å². The number of hydrogen-bond donors (Lipinski definition) is 2. The van der Waals surface area contributed by atoms with Gasteiger partial charge in [-0.15, -0.1) is 0 Å². The number of benzene rings is 2. The molecule has 0 bridgehead atoms. The Hall–Kier alpha value is -1.63. The normalized spacial score (nSPS) is 10.0. The Morgan fingerprint density at radius 2 is 2.09 bits per heavy atom. The van der Waals surface area contributed by atoms with E-state index in [1.54, 1.807) is 24.3 Å². The highest BCUT2D eigenvalue weighted by molar-refractivity contribution is 9.10. The van der Waals surface area contributed by atoms with Crippen molar-refractivity contribution >= 4 is 56.5 Å². The van der Waals surface area contributed by atoms with Gasteiger partial charge in [0.25, 0.3) is 5.91 Å². The van der Waals surface area contributed by atoms with Gasteiger partial charge in [0, 0.05) is 10.2 Å². The van der Waals surface area contributed by atoms with E-state index in [1.807, 2.05) is 25.1 Å². The van der Waals surface area contributed by atoms with E-state index >= 15 is 0 Å². The fourth-order valence-corrected chi connectivity index (χ4v) is 2.41. The molecule has 0 fully saturated rings. The summed E-state index contributed by atoms with van der Waals surface area (Å²) >= 11 is 14.4. The minimum absolute atomic E-state index is 0.119. The fraction of sp³-hybridized carbons (Fsp3) is 0.125. The van der Waals surface area contributed by atoms with Crippen molar-refractivity contribution in [2.75, 3.05) is 11.9 Å². The maximum absolute atomic E-state index is 11.8. The van der Waals surface area contributed by atoms with Crippen LogP contribution in [-0.2, 0) is 4.79 Å². The summed E-state index contributed by atoms with van der Waals surface area (Å²) in [4.78, 5) is 11.8. The first-order chi connectivity index (χ1) is 10.9. The third-order valence-electron chi connectivity index (χ3n) is 2.79. The molecule has 4 nitrogen and oxygen atoms in total. The van der Waals surface area contributed by atoms with Crippen LogP contribution in [0.1, 0.15) is 5.56 Å². The van der Waals surface area contributed by atoms with E-state index in [0.717, 1.165) is 10.0 Å². The minimum atomic E-state index is -0.341. The van der Waals surface area contributed by atoms with Gasteiger partial charge in [0.2, 0.25) is 0 Å². The molecule has 2 aromatic carbocycles. The van der Waals surface area contributed by atoms with Gasteiger partial charge in [-0.3, -0.25) is 10.1 Å². The molecule has 0 aromatic heterocycles. The molecule has 2 rings (SSSR count). The summed E-state index contributed by atoms with van der Waals surface area (Å²) in [5, 5.41) is 6.17. The second-order valence-electron chi connectivity index (χ2n) is 4.74. The Bertz CT molecular complexity index is 740. The number of aryl methyl sites for hydroxylation is 1. The molecule has 1 amide bonds. The van der Waals surface area contributed by atoms with Crippen LogP contribution in [0.3, 0.4) is 0 Å². The first-order valence-electron chi connectivity index (χ1n) is 6.69. The molecular formula is C16H14BrClN2O2S. The van der Waals surface area contributed by atoms with Crippen molar-refractivity contribution in [3.63, 3.8) is 0 Å². The molecule has 0 radical (unpaired) electrons. The van der Waals surface area contributed by atoms with Crippen LogP contribution in [0.4, 0.5) is 5.69 Å². The number of amides is 1. The van der Waals surface area contributed by atoms with Gasteiger partial charge in [0.15, 0.2) is 11.7 Å². The van der Waals surface area contributed by atoms with E-state index in [0.29, 0.717) is 16.5 Å². The van der Waals surface area contributed by atoms with E-state index in [1.165, 1.54) is 0 Å². The smallest absolute Gasteiger partial charge is 0.264 e. The first kappa shape index (κ1) is 17.7. The number of rotatable bonds is 4. The quantitative estimate of drug-likeness (QED) is 0.734. The molecule has 0 atom stereocenters. The number of halogens is 2. The Morgan fingerprint density at radius 1 is 1.30 bits per heavy atom. The molecule has 0 saturated heterocycles. The molecule has 0 heterocycles. The van der Waals surface area contributed by atoms with Crippen molar-refractivity contribution < 1.29 is 9.53 Å². The van der Waals surface area contributed by atoms with Crippen LogP contribution in [0.2, 0.25) is 5.02 Å². The summed E-state index contributed by atoms with van der Waals surface area (Å²) in [5.41, 5.74) is 1.75. The van der Waals surface area contributed by atoms with Crippen molar-refractivity contribution in [3.05, 3.63) is 57.5 Å². The molecule has 0 saturated carbocycles. The van der Waals surface area contributed by atoms with Crippen LogP contribution in [0.5, 0.6) is 5.75 Å². The predicted octanol–water partition coefficient (Wildman–Crippen LogP) is 4.30. The Labute approximate surface area is 153 Å². The summed E-state index contributed by atoms with van der Waals surface area (Å²) in [6, 6.07) is 12.7. The second kappa shape index (κ2) is 8.29. The number of carbonyl (C=O) groups excluding carboxylic acids is 1. The second-order valence-corrected chi connectivity index (χ2v) is 6.41. The average molecular weight is 414 g/mol. The van der Waals surface area contributed by atoms with Crippen LogP contribution in [-0.4, -0.2) is 17.6 Å². The average Bonchev–Trinajstić information content (AvgIpc) is 2.49. The Kier molecular flexibility index (Phi) is 6.38. The topological polar surface area (TPSA) is 50.4 Å². The lowest BCUT2D eigenvalue weighted by Gasteiger charge is -2.11. The molecule has 23 heavy (non-hydrogen) atoms. The molecule has 0 aliphatic rings. The molecule has 0 unspecified atom stereocenters. The van der Waals surface area contributed by atoms with Gasteiger partial charge in [-0.2, -0.15) is 0 Å². The lowest BCUT2D eigenvalue weighted by atomic mass is 10.2. The fourth-order valence-electron chi connectivity index (χ4n) is 1.75. The molecule has 2 N–H and O–H groups in total. The van der Waals surface area contributed by atoms with Crippen LogP contribution < -0.4 is 15.4 Å². The van der Waals surface area contributed by atoms with Crippen LogP contribution in [0.15, 0.2) is 46.9 Å². The molecule has 7 heteroatoms. The molecule has 0 spiro atoms. The van der Waals surface area contributed by atoms with E-state index in [4.69, 9.17) is 28.6 Å². The summed E-state index contributed by atoms with van der Waals surface area (Å²) in [6.45, 7) is 1.84. The van der Waals surface area contributed by atoms with Crippen LogP contribution in [0, 0.1) is 6.92 Å². The van der Waals surface area contributed by atoms with Crippen molar-refractivity contribution in [2.24, 2.45) is 0 Å². The van der Waals surface area contributed by atoms with Crippen molar-refractivity contribution in [1.29, 1.82) is 0 Å². The van der Waals surface area contributed by atoms with Gasteiger partial charge in [0.1, 0.15) is 5.75 Å². The lowest BCUT2D eigenvalue weighted by Crippen LogP contribution is -2.37. The molecular weight excluding hydrogens is 400 g/mol. The van der Waals surface area contributed by atoms with E-state index < -0.39 is 0 Å². The number of anilines is 1. The highest BCUT2D eigenvalue weighted by atomic mass is 79.9. The number of hydrogen-bond acceptors (Lipinski definition) is 3. The molecule has 0 aliphatic heterocycles. The van der Waals surface area contributed by atoms with E-state index in [-0.39, 0.29) is 17.6 Å². The lowest BCUT2D eigenvalue weighted by molar-refractivity contribution is -0.121. The monoisotopic (exact) mass is 412 g/mol. The zero-order chi connectivity index (χ0) is 16.8. The summed E-state index contributed by atoms with van der Waals surface area (Å²) in [7, 11) is 0. The van der Waals surface area contributed by atoms with Crippen LogP contribution in [0.25, 0.3) is 0 Å². The minimum Gasteiger partial charge on any atom is -0.484 e. The molecule has 0 aliphatic carbocycles.